The third-order valence-corrected chi connectivity index (χ3v) is 5.78. The number of hydrogen-bond donors (Lipinski definition) is 1. The molecule has 3 heterocycles. The highest BCUT2D eigenvalue weighted by molar-refractivity contribution is 5.86. The van der Waals surface area contributed by atoms with E-state index in [4.69, 9.17) is 4.74 Å². The van der Waals surface area contributed by atoms with E-state index in [-0.39, 0.29) is 5.54 Å². The Morgan fingerprint density at radius 3 is 2.55 bits per heavy atom. The monoisotopic (exact) mass is 309 g/mol. The molecule has 1 atom stereocenters. The lowest BCUT2D eigenvalue weighted by molar-refractivity contribution is -0.139. The summed E-state index contributed by atoms with van der Waals surface area (Å²) in [5.74, 6) is 1.11. The zero-order chi connectivity index (χ0) is 15.4. The predicted molar refractivity (Wildman–Crippen MR) is 86.8 cm³/mol. The standard InChI is InChI=1S/C17H31N3O2/c1-2-17(6-3-7-18-17)16(21)20-8-4-15(5-9-20)14-19-10-12-22-13-11-19/h15,18H,2-14H2,1H3. The van der Waals surface area contributed by atoms with Crippen LogP contribution in [0.5, 0.6) is 0 Å². The summed E-state index contributed by atoms with van der Waals surface area (Å²) >= 11 is 0. The van der Waals surface area contributed by atoms with Gasteiger partial charge in [0.05, 0.1) is 18.8 Å². The molecule has 0 radical (unpaired) electrons. The van der Waals surface area contributed by atoms with Crippen LogP contribution < -0.4 is 5.32 Å². The largest absolute Gasteiger partial charge is 0.379 e. The molecule has 1 N–H and O–H groups in total. The summed E-state index contributed by atoms with van der Waals surface area (Å²) in [5.41, 5.74) is -0.253. The molecule has 3 aliphatic heterocycles. The lowest BCUT2D eigenvalue weighted by Gasteiger charge is -2.39. The minimum absolute atomic E-state index is 0.253. The number of nitrogens with zero attached hydrogens (tertiary/aromatic N) is 2. The van der Waals surface area contributed by atoms with E-state index in [0.29, 0.717) is 5.91 Å². The van der Waals surface area contributed by atoms with Crippen LogP contribution in [-0.2, 0) is 9.53 Å². The summed E-state index contributed by atoms with van der Waals surface area (Å²) in [6.45, 7) is 10.1. The van der Waals surface area contributed by atoms with Crippen molar-refractivity contribution in [1.29, 1.82) is 0 Å². The van der Waals surface area contributed by atoms with E-state index in [9.17, 15) is 4.79 Å². The van der Waals surface area contributed by atoms with Crippen molar-refractivity contribution in [1.82, 2.24) is 15.1 Å². The number of likely N-dealkylation sites (tertiary alicyclic amines) is 1. The van der Waals surface area contributed by atoms with Crippen molar-refractivity contribution in [3.05, 3.63) is 0 Å². The second-order valence-electron chi connectivity index (χ2n) is 7.11. The zero-order valence-corrected chi connectivity index (χ0v) is 14.0. The smallest absolute Gasteiger partial charge is 0.242 e. The van der Waals surface area contributed by atoms with Crippen molar-refractivity contribution in [2.45, 2.75) is 44.6 Å². The predicted octanol–water partition coefficient (Wildman–Crippen LogP) is 1.09. The summed E-state index contributed by atoms with van der Waals surface area (Å²) in [4.78, 5) is 17.5. The molecule has 3 rings (SSSR count). The minimum Gasteiger partial charge on any atom is -0.379 e. The number of hydrogen-bond acceptors (Lipinski definition) is 4. The molecule has 0 bridgehead atoms. The molecule has 1 amide bonds. The molecular weight excluding hydrogens is 278 g/mol. The lowest BCUT2D eigenvalue weighted by Crippen LogP contribution is -2.56. The average Bonchev–Trinajstić information content (AvgIpc) is 3.06. The summed E-state index contributed by atoms with van der Waals surface area (Å²) in [6.07, 6.45) is 5.37. The van der Waals surface area contributed by atoms with Gasteiger partial charge in [-0.2, -0.15) is 0 Å². The Morgan fingerprint density at radius 2 is 1.95 bits per heavy atom. The SMILES string of the molecule is CCC1(C(=O)N2CCC(CN3CCOCC3)CC2)CCCN1. The van der Waals surface area contributed by atoms with Crippen LogP contribution in [0, 0.1) is 5.92 Å². The molecule has 3 aliphatic rings. The maximum absolute atomic E-state index is 12.9. The molecule has 0 aromatic heterocycles. The molecule has 0 saturated carbocycles. The van der Waals surface area contributed by atoms with Crippen LogP contribution in [0.1, 0.15) is 39.0 Å². The highest BCUT2D eigenvalue weighted by atomic mass is 16.5. The van der Waals surface area contributed by atoms with Crippen LogP contribution in [0.25, 0.3) is 0 Å². The second kappa shape index (κ2) is 7.28. The maximum atomic E-state index is 12.9. The number of rotatable bonds is 4. The van der Waals surface area contributed by atoms with Gasteiger partial charge in [-0.15, -0.1) is 0 Å². The van der Waals surface area contributed by atoms with Crippen molar-refractivity contribution in [3.8, 4) is 0 Å². The molecule has 3 fully saturated rings. The fourth-order valence-electron chi connectivity index (χ4n) is 4.21. The summed E-state index contributed by atoms with van der Waals surface area (Å²) in [7, 11) is 0. The van der Waals surface area contributed by atoms with Crippen LogP contribution in [-0.4, -0.2) is 73.7 Å². The average molecular weight is 309 g/mol. The van der Waals surface area contributed by atoms with Crippen LogP contribution in [0.15, 0.2) is 0 Å². The van der Waals surface area contributed by atoms with Gasteiger partial charge in [0, 0.05) is 32.7 Å². The molecule has 0 aromatic rings. The highest BCUT2D eigenvalue weighted by Crippen LogP contribution is 2.28. The van der Waals surface area contributed by atoms with Gasteiger partial charge in [-0.3, -0.25) is 9.69 Å². The topological polar surface area (TPSA) is 44.8 Å². The summed E-state index contributed by atoms with van der Waals surface area (Å²) in [5, 5.41) is 3.48. The normalized spacial score (nSPS) is 31.6. The Morgan fingerprint density at radius 1 is 1.23 bits per heavy atom. The highest BCUT2D eigenvalue weighted by Gasteiger charge is 2.42. The number of nitrogens with one attached hydrogen (secondary N) is 1. The van der Waals surface area contributed by atoms with Crippen molar-refractivity contribution in [2.24, 2.45) is 5.92 Å². The van der Waals surface area contributed by atoms with E-state index in [1.54, 1.807) is 0 Å². The van der Waals surface area contributed by atoms with Crippen LogP contribution in [0.2, 0.25) is 0 Å². The number of amides is 1. The molecule has 3 saturated heterocycles. The molecule has 0 aliphatic carbocycles. The second-order valence-corrected chi connectivity index (χ2v) is 7.11. The number of morpholine rings is 1. The number of ether oxygens (including phenoxy) is 1. The molecule has 5 nitrogen and oxygen atoms in total. The number of piperidine rings is 1. The van der Waals surface area contributed by atoms with Gasteiger partial charge in [0.2, 0.25) is 5.91 Å². The molecular formula is C17H31N3O2. The fraction of sp³-hybridized carbons (Fsp3) is 0.941. The van der Waals surface area contributed by atoms with Gasteiger partial charge in [0.25, 0.3) is 0 Å². The van der Waals surface area contributed by atoms with E-state index >= 15 is 0 Å². The zero-order valence-electron chi connectivity index (χ0n) is 14.0. The number of carbonyl (C=O) groups excluding carboxylic acids is 1. The first-order chi connectivity index (χ1) is 10.7. The molecule has 0 aromatic carbocycles. The van der Waals surface area contributed by atoms with E-state index in [1.807, 2.05) is 0 Å². The maximum Gasteiger partial charge on any atom is 0.242 e. The molecule has 5 heteroatoms. The molecule has 126 valence electrons. The molecule has 22 heavy (non-hydrogen) atoms. The molecule has 0 spiro atoms. The first kappa shape index (κ1) is 16.2. The third kappa shape index (κ3) is 3.47. The van der Waals surface area contributed by atoms with Crippen LogP contribution >= 0.6 is 0 Å². The third-order valence-electron chi connectivity index (χ3n) is 5.78. The Labute approximate surface area is 134 Å². The van der Waals surface area contributed by atoms with Gasteiger partial charge in [-0.05, 0) is 44.6 Å². The first-order valence-corrected chi connectivity index (χ1v) is 9.08. The van der Waals surface area contributed by atoms with E-state index in [1.165, 1.54) is 6.54 Å². The van der Waals surface area contributed by atoms with E-state index in [2.05, 4.69) is 22.0 Å². The van der Waals surface area contributed by atoms with Crippen molar-refractivity contribution in [2.75, 3.05) is 52.5 Å². The quantitative estimate of drug-likeness (QED) is 0.844. The summed E-state index contributed by atoms with van der Waals surface area (Å²) < 4.78 is 5.42. The van der Waals surface area contributed by atoms with Gasteiger partial charge in [-0.1, -0.05) is 6.92 Å². The lowest BCUT2D eigenvalue weighted by atomic mass is 9.89. The Hall–Kier alpha value is -0.650. The number of carbonyl (C=O) groups is 1. The van der Waals surface area contributed by atoms with Gasteiger partial charge < -0.3 is 15.0 Å². The van der Waals surface area contributed by atoms with E-state index in [0.717, 1.165) is 84.0 Å². The van der Waals surface area contributed by atoms with Crippen LogP contribution in [0.4, 0.5) is 0 Å². The fourth-order valence-corrected chi connectivity index (χ4v) is 4.21. The Kier molecular flexibility index (Phi) is 5.37. The van der Waals surface area contributed by atoms with Crippen LogP contribution in [0.3, 0.4) is 0 Å². The van der Waals surface area contributed by atoms with Gasteiger partial charge in [-0.25, -0.2) is 0 Å². The van der Waals surface area contributed by atoms with Gasteiger partial charge in [0.15, 0.2) is 0 Å². The Bertz CT molecular complexity index is 368. The van der Waals surface area contributed by atoms with E-state index < -0.39 is 0 Å². The van der Waals surface area contributed by atoms with Crippen molar-refractivity contribution < 1.29 is 9.53 Å². The Balaban J connectivity index is 1.47. The summed E-state index contributed by atoms with van der Waals surface area (Å²) in [6, 6.07) is 0. The van der Waals surface area contributed by atoms with Gasteiger partial charge in [0.1, 0.15) is 0 Å². The van der Waals surface area contributed by atoms with Crippen molar-refractivity contribution in [3.63, 3.8) is 0 Å². The first-order valence-electron chi connectivity index (χ1n) is 9.08. The minimum atomic E-state index is -0.253. The van der Waals surface area contributed by atoms with Gasteiger partial charge >= 0.3 is 0 Å². The molecule has 1 unspecified atom stereocenters. The van der Waals surface area contributed by atoms with Crippen molar-refractivity contribution >= 4 is 5.91 Å².